The summed E-state index contributed by atoms with van der Waals surface area (Å²) in [7, 11) is 0. The molecule has 0 aromatic carbocycles. The normalized spacial score (nSPS) is 16.6. The second-order valence-corrected chi connectivity index (χ2v) is 5.30. The van der Waals surface area contributed by atoms with E-state index in [0.717, 1.165) is 38.9 Å². The standard InChI is InChI=1S/C14H31N3O/c1-6-9-16-14(5,13(15)18)11-12(4)17(8-3)10-7-2/h12,16H,6-11H2,1-5H3,(H2,15,18). The van der Waals surface area contributed by atoms with E-state index in [9.17, 15) is 4.79 Å². The highest BCUT2D eigenvalue weighted by Gasteiger charge is 2.33. The number of carbonyl (C=O) groups excluding carboxylic acids is 1. The largest absolute Gasteiger partial charge is 0.368 e. The minimum absolute atomic E-state index is 0.254. The van der Waals surface area contributed by atoms with Crippen molar-refractivity contribution in [3.8, 4) is 0 Å². The van der Waals surface area contributed by atoms with E-state index in [1.165, 1.54) is 0 Å². The Morgan fingerprint density at radius 2 is 1.94 bits per heavy atom. The number of amides is 1. The third kappa shape index (κ3) is 5.36. The Hall–Kier alpha value is -0.610. The summed E-state index contributed by atoms with van der Waals surface area (Å²) in [5, 5.41) is 3.30. The fraction of sp³-hybridized carbons (Fsp3) is 0.929. The van der Waals surface area contributed by atoms with Crippen LogP contribution in [0.4, 0.5) is 0 Å². The summed E-state index contributed by atoms with van der Waals surface area (Å²) >= 11 is 0. The molecule has 108 valence electrons. The maximum Gasteiger partial charge on any atom is 0.237 e. The number of hydrogen-bond donors (Lipinski definition) is 2. The van der Waals surface area contributed by atoms with Crippen molar-refractivity contribution in [1.29, 1.82) is 0 Å². The first-order chi connectivity index (χ1) is 8.41. The van der Waals surface area contributed by atoms with Crippen LogP contribution in [0.25, 0.3) is 0 Å². The lowest BCUT2D eigenvalue weighted by molar-refractivity contribution is -0.124. The monoisotopic (exact) mass is 257 g/mol. The second kappa shape index (κ2) is 8.48. The highest BCUT2D eigenvalue weighted by Crippen LogP contribution is 2.16. The average molecular weight is 257 g/mol. The summed E-state index contributed by atoms with van der Waals surface area (Å²) in [6.45, 7) is 13.4. The number of primary amides is 1. The van der Waals surface area contributed by atoms with Gasteiger partial charge in [0.25, 0.3) is 0 Å². The summed E-state index contributed by atoms with van der Waals surface area (Å²) in [5.74, 6) is -0.254. The summed E-state index contributed by atoms with van der Waals surface area (Å²) in [6.07, 6.45) is 2.90. The highest BCUT2D eigenvalue weighted by atomic mass is 16.1. The van der Waals surface area contributed by atoms with Gasteiger partial charge in [0.1, 0.15) is 0 Å². The third-order valence-electron chi connectivity index (χ3n) is 3.55. The van der Waals surface area contributed by atoms with Crippen LogP contribution in [0.3, 0.4) is 0 Å². The SMILES string of the molecule is CCCNC(C)(CC(C)N(CC)CCC)C(N)=O. The lowest BCUT2D eigenvalue weighted by Crippen LogP contribution is -2.56. The van der Waals surface area contributed by atoms with E-state index in [4.69, 9.17) is 5.73 Å². The fourth-order valence-electron chi connectivity index (χ4n) is 2.36. The molecule has 0 saturated carbocycles. The smallest absolute Gasteiger partial charge is 0.237 e. The van der Waals surface area contributed by atoms with Gasteiger partial charge in [-0.3, -0.25) is 4.79 Å². The molecule has 0 bridgehead atoms. The number of hydrogen-bond acceptors (Lipinski definition) is 3. The van der Waals surface area contributed by atoms with E-state index in [1.54, 1.807) is 0 Å². The van der Waals surface area contributed by atoms with Crippen molar-refractivity contribution >= 4 is 5.91 Å². The minimum atomic E-state index is -0.601. The number of nitrogens with zero attached hydrogens (tertiary/aromatic N) is 1. The van der Waals surface area contributed by atoms with Gasteiger partial charge in [-0.2, -0.15) is 0 Å². The van der Waals surface area contributed by atoms with Crippen LogP contribution in [0.2, 0.25) is 0 Å². The molecule has 0 saturated heterocycles. The van der Waals surface area contributed by atoms with Crippen molar-refractivity contribution < 1.29 is 4.79 Å². The molecule has 0 heterocycles. The number of nitrogens with one attached hydrogen (secondary N) is 1. The number of carbonyl (C=O) groups is 1. The topological polar surface area (TPSA) is 58.4 Å². The first-order valence-electron chi connectivity index (χ1n) is 7.20. The molecule has 0 spiro atoms. The van der Waals surface area contributed by atoms with Crippen molar-refractivity contribution in [1.82, 2.24) is 10.2 Å². The quantitative estimate of drug-likeness (QED) is 0.627. The molecule has 18 heavy (non-hydrogen) atoms. The molecule has 4 heteroatoms. The van der Waals surface area contributed by atoms with E-state index >= 15 is 0 Å². The van der Waals surface area contributed by atoms with E-state index < -0.39 is 5.54 Å². The van der Waals surface area contributed by atoms with E-state index in [-0.39, 0.29) is 5.91 Å². The minimum Gasteiger partial charge on any atom is -0.368 e. The van der Waals surface area contributed by atoms with Gasteiger partial charge in [0.05, 0.1) is 5.54 Å². The van der Waals surface area contributed by atoms with Crippen LogP contribution >= 0.6 is 0 Å². The van der Waals surface area contributed by atoms with Crippen molar-refractivity contribution in [3.05, 3.63) is 0 Å². The summed E-state index contributed by atoms with van der Waals surface area (Å²) in [5.41, 5.74) is 4.96. The molecular formula is C14H31N3O. The first kappa shape index (κ1) is 17.4. The summed E-state index contributed by atoms with van der Waals surface area (Å²) in [6, 6.07) is 0.358. The van der Waals surface area contributed by atoms with Crippen LogP contribution in [0.5, 0.6) is 0 Å². The van der Waals surface area contributed by atoms with Gasteiger partial charge in [-0.05, 0) is 52.7 Å². The molecule has 2 unspecified atom stereocenters. The lowest BCUT2D eigenvalue weighted by atomic mass is 9.91. The Labute approximate surface area is 112 Å². The Morgan fingerprint density at radius 1 is 1.33 bits per heavy atom. The Balaban J connectivity index is 4.60. The Morgan fingerprint density at radius 3 is 2.33 bits per heavy atom. The van der Waals surface area contributed by atoms with Crippen molar-refractivity contribution in [2.75, 3.05) is 19.6 Å². The van der Waals surface area contributed by atoms with Crippen LogP contribution in [-0.4, -0.2) is 42.0 Å². The van der Waals surface area contributed by atoms with Crippen molar-refractivity contribution in [3.63, 3.8) is 0 Å². The fourth-order valence-corrected chi connectivity index (χ4v) is 2.36. The zero-order valence-corrected chi connectivity index (χ0v) is 12.8. The van der Waals surface area contributed by atoms with Gasteiger partial charge in [0, 0.05) is 6.04 Å². The molecule has 0 radical (unpaired) electrons. The summed E-state index contributed by atoms with van der Waals surface area (Å²) < 4.78 is 0. The van der Waals surface area contributed by atoms with Gasteiger partial charge < -0.3 is 16.0 Å². The van der Waals surface area contributed by atoms with E-state index in [0.29, 0.717) is 6.04 Å². The molecule has 2 atom stereocenters. The van der Waals surface area contributed by atoms with Crippen LogP contribution in [0.15, 0.2) is 0 Å². The summed E-state index contributed by atoms with van der Waals surface area (Å²) in [4.78, 5) is 14.1. The van der Waals surface area contributed by atoms with Gasteiger partial charge >= 0.3 is 0 Å². The zero-order chi connectivity index (χ0) is 14.2. The zero-order valence-electron chi connectivity index (χ0n) is 12.8. The average Bonchev–Trinajstić information content (AvgIpc) is 2.32. The molecule has 0 fully saturated rings. The van der Waals surface area contributed by atoms with Gasteiger partial charge in [-0.15, -0.1) is 0 Å². The van der Waals surface area contributed by atoms with Gasteiger partial charge in [0.15, 0.2) is 0 Å². The molecule has 0 aromatic rings. The van der Waals surface area contributed by atoms with Gasteiger partial charge in [-0.1, -0.05) is 20.8 Å². The Bertz CT molecular complexity index is 245. The van der Waals surface area contributed by atoms with Gasteiger partial charge in [-0.25, -0.2) is 0 Å². The number of nitrogens with two attached hydrogens (primary N) is 1. The van der Waals surface area contributed by atoms with Crippen LogP contribution in [0, 0.1) is 0 Å². The maximum atomic E-state index is 11.7. The highest BCUT2D eigenvalue weighted by molar-refractivity contribution is 5.84. The molecule has 0 aliphatic heterocycles. The lowest BCUT2D eigenvalue weighted by Gasteiger charge is -2.35. The molecule has 3 N–H and O–H groups in total. The molecule has 1 amide bonds. The molecular weight excluding hydrogens is 226 g/mol. The third-order valence-corrected chi connectivity index (χ3v) is 3.55. The van der Waals surface area contributed by atoms with Crippen molar-refractivity contribution in [2.24, 2.45) is 5.73 Å². The Kier molecular flexibility index (Phi) is 8.20. The number of rotatable bonds is 10. The first-order valence-corrected chi connectivity index (χ1v) is 7.20. The van der Waals surface area contributed by atoms with Crippen LogP contribution in [0.1, 0.15) is 53.9 Å². The molecule has 0 aliphatic carbocycles. The maximum absolute atomic E-state index is 11.7. The van der Waals surface area contributed by atoms with Crippen molar-refractivity contribution in [2.45, 2.75) is 65.5 Å². The predicted molar refractivity (Wildman–Crippen MR) is 77.5 cm³/mol. The molecule has 0 aromatic heterocycles. The van der Waals surface area contributed by atoms with Gasteiger partial charge in [0.2, 0.25) is 5.91 Å². The molecule has 0 rings (SSSR count). The molecule has 0 aliphatic rings. The van der Waals surface area contributed by atoms with Crippen LogP contribution in [-0.2, 0) is 4.79 Å². The van der Waals surface area contributed by atoms with E-state index in [2.05, 4.69) is 37.9 Å². The molecule has 4 nitrogen and oxygen atoms in total. The predicted octanol–water partition coefficient (Wildman–Crippen LogP) is 1.74. The second-order valence-electron chi connectivity index (χ2n) is 5.30. The van der Waals surface area contributed by atoms with E-state index in [1.807, 2.05) is 6.92 Å². The van der Waals surface area contributed by atoms with Crippen LogP contribution < -0.4 is 11.1 Å².